The lowest BCUT2D eigenvalue weighted by Crippen LogP contribution is -2.40. The second kappa shape index (κ2) is 6.79. The molecule has 2 N–H and O–H groups in total. The molecule has 0 radical (unpaired) electrons. The van der Waals surface area contributed by atoms with Crippen molar-refractivity contribution in [3.63, 3.8) is 0 Å². The average Bonchev–Trinajstić information content (AvgIpc) is 2.36. The number of benzene rings is 1. The van der Waals surface area contributed by atoms with Crippen molar-refractivity contribution in [2.24, 2.45) is 5.92 Å². The van der Waals surface area contributed by atoms with Crippen LogP contribution in [0.4, 0.5) is 5.69 Å². The van der Waals surface area contributed by atoms with E-state index in [2.05, 4.69) is 10.6 Å². The molecule has 19 heavy (non-hydrogen) atoms. The van der Waals surface area contributed by atoms with Crippen molar-refractivity contribution >= 4 is 28.9 Å². The summed E-state index contributed by atoms with van der Waals surface area (Å²) in [7, 11) is 0. The van der Waals surface area contributed by atoms with E-state index in [1.54, 1.807) is 6.07 Å². The van der Waals surface area contributed by atoms with E-state index < -0.39 is 10.8 Å². The first-order chi connectivity index (χ1) is 8.91. The quantitative estimate of drug-likeness (QED) is 0.500. The standard InChI is InChI=1S/C12H15N3O3S/c1-8(2)7-13-12(19)14-11(16)9-5-3-4-6-10(9)15(17)18/h3-6,8H,7H2,1-2H3,(H2,13,14,16,19). The Kier molecular flexibility index (Phi) is 5.37. The molecule has 1 aromatic carbocycles. The summed E-state index contributed by atoms with van der Waals surface area (Å²) in [5.41, 5.74) is -0.257. The molecular formula is C12H15N3O3S. The molecule has 6 nitrogen and oxygen atoms in total. The predicted molar refractivity (Wildman–Crippen MR) is 76.0 cm³/mol. The van der Waals surface area contributed by atoms with Crippen molar-refractivity contribution in [1.82, 2.24) is 10.6 Å². The summed E-state index contributed by atoms with van der Waals surface area (Å²) in [5, 5.41) is 16.3. The second-order valence-corrected chi connectivity index (χ2v) is 4.74. The Balaban J connectivity index is 2.73. The maximum Gasteiger partial charge on any atom is 0.282 e. The number of rotatable bonds is 4. The first-order valence-electron chi connectivity index (χ1n) is 5.74. The van der Waals surface area contributed by atoms with E-state index in [1.165, 1.54) is 18.2 Å². The molecule has 0 atom stereocenters. The van der Waals surface area contributed by atoms with E-state index in [0.717, 1.165) is 0 Å². The summed E-state index contributed by atoms with van der Waals surface area (Å²) in [6.07, 6.45) is 0. The number of thiocarbonyl (C=S) groups is 1. The van der Waals surface area contributed by atoms with Gasteiger partial charge in [0.2, 0.25) is 0 Å². The zero-order valence-electron chi connectivity index (χ0n) is 10.7. The third kappa shape index (κ3) is 4.63. The highest BCUT2D eigenvalue weighted by atomic mass is 32.1. The van der Waals surface area contributed by atoms with Gasteiger partial charge in [-0.05, 0) is 24.2 Å². The SMILES string of the molecule is CC(C)CNC(=S)NC(=O)c1ccccc1[N+](=O)[O-]. The summed E-state index contributed by atoms with van der Waals surface area (Å²) in [5.74, 6) is -0.213. The smallest absolute Gasteiger partial charge is 0.282 e. The Hall–Kier alpha value is -2.02. The number of nitrogens with one attached hydrogen (secondary N) is 2. The molecule has 1 amide bonds. The molecular weight excluding hydrogens is 266 g/mol. The summed E-state index contributed by atoms with van der Waals surface area (Å²) in [4.78, 5) is 22.1. The number of carbonyl (C=O) groups excluding carboxylic acids is 1. The molecule has 0 unspecified atom stereocenters. The fraction of sp³-hybridized carbons (Fsp3) is 0.333. The normalized spacial score (nSPS) is 10.1. The Labute approximate surface area is 116 Å². The number of carbonyl (C=O) groups is 1. The zero-order valence-corrected chi connectivity index (χ0v) is 11.5. The molecule has 0 bridgehead atoms. The van der Waals surface area contributed by atoms with Crippen LogP contribution in [-0.2, 0) is 0 Å². The van der Waals surface area contributed by atoms with Crippen LogP contribution in [-0.4, -0.2) is 22.5 Å². The van der Waals surface area contributed by atoms with E-state index >= 15 is 0 Å². The number of hydrogen-bond donors (Lipinski definition) is 2. The predicted octanol–water partition coefficient (Wildman–Crippen LogP) is 1.86. The second-order valence-electron chi connectivity index (χ2n) is 4.33. The van der Waals surface area contributed by atoms with Crippen molar-refractivity contribution in [3.8, 4) is 0 Å². The summed E-state index contributed by atoms with van der Waals surface area (Å²) < 4.78 is 0. The zero-order chi connectivity index (χ0) is 14.4. The lowest BCUT2D eigenvalue weighted by Gasteiger charge is -2.11. The average molecular weight is 281 g/mol. The van der Waals surface area contributed by atoms with Crippen molar-refractivity contribution in [2.45, 2.75) is 13.8 Å². The first kappa shape index (κ1) is 15.0. The Morgan fingerprint density at radius 1 is 1.42 bits per heavy atom. The summed E-state index contributed by atoms with van der Waals surface area (Å²) >= 11 is 4.94. The van der Waals surface area contributed by atoms with E-state index in [9.17, 15) is 14.9 Å². The van der Waals surface area contributed by atoms with Crippen LogP contribution >= 0.6 is 12.2 Å². The van der Waals surface area contributed by atoms with Crippen LogP contribution < -0.4 is 10.6 Å². The van der Waals surface area contributed by atoms with Gasteiger partial charge in [0, 0.05) is 12.6 Å². The van der Waals surface area contributed by atoms with Gasteiger partial charge in [0.15, 0.2) is 5.11 Å². The molecule has 1 rings (SSSR count). The third-order valence-corrected chi connectivity index (χ3v) is 2.49. The maximum absolute atomic E-state index is 11.9. The van der Waals surface area contributed by atoms with Gasteiger partial charge < -0.3 is 5.32 Å². The summed E-state index contributed by atoms with van der Waals surface area (Å²) in [6.45, 7) is 4.62. The van der Waals surface area contributed by atoms with Gasteiger partial charge in [-0.2, -0.15) is 0 Å². The molecule has 7 heteroatoms. The van der Waals surface area contributed by atoms with Crippen molar-refractivity contribution in [3.05, 3.63) is 39.9 Å². The number of nitrogens with zero attached hydrogens (tertiary/aromatic N) is 1. The van der Waals surface area contributed by atoms with Gasteiger partial charge in [-0.15, -0.1) is 0 Å². The molecule has 0 saturated carbocycles. The number of hydrogen-bond acceptors (Lipinski definition) is 4. The highest BCUT2D eigenvalue weighted by Gasteiger charge is 2.19. The van der Waals surface area contributed by atoms with Crippen LogP contribution in [0.3, 0.4) is 0 Å². The van der Waals surface area contributed by atoms with Gasteiger partial charge >= 0.3 is 0 Å². The Morgan fingerprint density at radius 3 is 2.63 bits per heavy atom. The molecule has 0 aromatic heterocycles. The van der Waals surface area contributed by atoms with Gasteiger partial charge in [-0.25, -0.2) is 0 Å². The Morgan fingerprint density at radius 2 is 2.05 bits per heavy atom. The van der Waals surface area contributed by atoms with Crippen LogP contribution in [0.2, 0.25) is 0 Å². The lowest BCUT2D eigenvalue weighted by atomic mass is 10.1. The Bertz CT molecular complexity index is 503. The molecule has 0 aliphatic carbocycles. The van der Waals surface area contributed by atoms with Crippen molar-refractivity contribution in [2.75, 3.05) is 6.54 Å². The van der Waals surface area contributed by atoms with Gasteiger partial charge in [-0.1, -0.05) is 26.0 Å². The largest absolute Gasteiger partial charge is 0.362 e. The minimum absolute atomic E-state index is 0.0128. The molecule has 1 aromatic rings. The van der Waals surface area contributed by atoms with E-state index in [0.29, 0.717) is 12.5 Å². The van der Waals surface area contributed by atoms with Crippen LogP contribution in [0.5, 0.6) is 0 Å². The number of amides is 1. The lowest BCUT2D eigenvalue weighted by molar-refractivity contribution is -0.385. The molecule has 0 heterocycles. The molecule has 0 saturated heterocycles. The molecule has 0 aliphatic rings. The molecule has 0 spiro atoms. The minimum Gasteiger partial charge on any atom is -0.362 e. The van der Waals surface area contributed by atoms with Gasteiger partial charge in [0.25, 0.3) is 11.6 Å². The van der Waals surface area contributed by atoms with Gasteiger partial charge in [-0.3, -0.25) is 20.2 Å². The van der Waals surface area contributed by atoms with Crippen LogP contribution in [0, 0.1) is 16.0 Å². The molecule has 102 valence electrons. The number of nitro groups is 1. The third-order valence-electron chi connectivity index (χ3n) is 2.24. The van der Waals surface area contributed by atoms with E-state index in [1.807, 2.05) is 13.8 Å². The highest BCUT2D eigenvalue weighted by molar-refractivity contribution is 7.80. The monoisotopic (exact) mass is 281 g/mol. The van der Waals surface area contributed by atoms with Gasteiger partial charge in [0.1, 0.15) is 5.56 Å². The van der Waals surface area contributed by atoms with Crippen LogP contribution in [0.1, 0.15) is 24.2 Å². The van der Waals surface area contributed by atoms with Crippen LogP contribution in [0.25, 0.3) is 0 Å². The van der Waals surface area contributed by atoms with E-state index in [4.69, 9.17) is 12.2 Å². The molecule has 0 aliphatic heterocycles. The summed E-state index contributed by atoms with van der Waals surface area (Å²) in [6, 6.07) is 5.73. The van der Waals surface area contributed by atoms with E-state index in [-0.39, 0.29) is 16.4 Å². The fourth-order valence-corrected chi connectivity index (χ4v) is 1.51. The maximum atomic E-state index is 11.9. The van der Waals surface area contributed by atoms with Crippen molar-refractivity contribution < 1.29 is 9.72 Å². The number of nitro benzene ring substituents is 1. The van der Waals surface area contributed by atoms with Gasteiger partial charge in [0.05, 0.1) is 4.92 Å². The van der Waals surface area contributed by atoms with Crippen molar-refractivity contribution in [1.29, 1.82) is 0 Å². The highest BCUT2D eigenvalue weighted by Crippen LogP contribution is 2.17. The first-order valence-corrected chi connectivity index (χ1v) is 6.15. The van der Waals surface area contributed by atoms with Crippen LogP contribution in [0.15, 0.2) is 24.3 Å². The molecule has 0 fully saturated rings. The fourth-order valence-electron chi connectivity index (χ4n) is 1.34. The number of para-hydroxylation sites is 1. The minimum atomic E-state index is -0.598. The topological polar surface area (TPSA) is 84.3 Å².